The molecule has 0 unspecified atom stereocenters. The third kappa shape index (κ3) is 1.49. The van der Waals surface area contributed by atoms with Gasteiger partial charge in [0.2, 0.25) is 0 Å². The summed E-state index contributed by atoms with van der Waals surface area (Å²) in [7, 11) is 1.58. The Kier molecular flexibility index (Phi) is 2.40. The zero-order valence-electron chi connectivity index (χ0n) is 8.43. The van der Waals surface area contributed by atoms with E-state index >= 15 is 0 Å². The van der Waals surface area contributed by atoms with Crippen LogP contribution < -0.4 is 4.74 Å². The molecule has 0 aliphatic rings. The normalized spacial score (nSPS) is 10.6. The fourth-order valence-electron chi connectivity index (χ4n) is 1.71. The number of methoxy groups -OCH3 is 1. The standard InChI is InChI=1S/C11H10ClNO2/c1-6-3-4-8-9(10(6)15-2)7(5-13-8)11(12)14/h3-5,13H,1-2H3. The highest BCUT2D eigenvalue weighted by Crippen LogP contribution is 2.32. The highest BCUT2D eigenvalue weighted by molar-refractivity contribution is 6.68. The van der Waals surface area contributed by atoms with Gasteiger partial charge in [-0.25, -0.2) is 0 Å². The van der Waals surface area contributed by atoms with Gasteiger partial charge in [-0.05, 0) is 30.2 Å². The lowest BCUT2D eigenvalue weighted by atomic mass is 10.1. The molecule has 2 aromatic rings. The summed E-state index contributed by atoms with van der Waals surface area (Å²) in [5.74, 6) is 0.692. The highest BCUT2D eigenvalue weighted by atomic mass is 35.5. The van der Waals surface area contributed by atoms with Crippen LogP contribution in [-0.2, 0) is 0 Å². The molecule has 0 atom stereocenters. The van der Waals surface area contributed by atoms with E-state index in [1.807, 2.05) is 19.1 Å². The van der Waals surface area contributed by atoms with Crippen molar-refractivity contribution in [2.75, 3.05) is 7.11 Å². The summed E-state index contributed by atoms with van der Waals surface area (Å²) >= 11 is 5.49. The lowest BCUT2D eigenvalue weighted by molar-refractivity contribution is 0.108. The molecular formula is C11H10ClNO2. The number of carbonyl (C=O) groups is 1. The van der Waals surface area contributed by atoms with Crippen LogP contribution in [0.15, 0.2) is 18.3 Å². The van der Waals surface area contributed by atoms with Gasteiger partial charge in [0.25, 0.3) is 5.24 Å². The third-order valence-corrected chi connectivity index (χ3v) is 2.62. The van der Waals surface area contributed by atoms with Crippen LogP contribution in [0.4, 0.5) is 0 Å². The number of H-pyrrole nitrogens is 1. The molecule has 0 bridgehead atoms. The van der Waals surface area contributed by atoms with E-state index in [1.165, 1.54) is 0 Å². The third-order valence-electron chi connectivity index (χ3n) is 2.41. The van der Waals surface area contributed by atoms with Crippen LogP contribution in [-0.4, -0.2) is 17.3 Å². The maximum absolute atomic E-state index is 11.2. The van der Waals surface area contributed by atoms with Gasteiger partial charge in [-0.1, -0.05) is 6.07 Å². The zero-order valence-corrected chi connectivity index (χ0v) is 9.18. The van der Waals surface area contributed by atoms with Crippen LogP contribution >= 0.6 is 11.6 Å². The monoisotopic (exact) mass is 223 g/mol. The molecule has 0 aliphatic heterocycles. The SMILES string of the molecule is COc1c(C)ccc2[nH]cc(C(=O)Cl)c12. The van der Waals surface area contributed by atoms with Crippen molar-refractivity contribution < 1.29 is 9.53 Å². The Balaban J connectivity index is 2.86. The first-order chi connectivity index (χ1) is 7.15. The maximum atomic E-state index is 11.2. The van der Waals surface area contributed by atoms with Crippen molar-refractivity contribution in [1.82, 2.24) is 4.98 Å². The highest BCUT2D eigenvalue weighted by Gasteiger charge is 2.15. The Hall–Kier alpha value is -1.48. The Morgan fingerprint density at radius 1 is 1.47 bits per heavy atom. The van der Waals surface area contributed by atoms with Gasteiger partial charge >= 0.3 is 0 Å². The Labute approximate surface area is 92.0 Å². The second-order valence-electron chi connectivity index (χ2n) is 3.31. The minimum atomic E-state index is -0.481. The molecule has 0 saturated carbocycles. The van der Waals surface area contributed by atoms with Gasteiger partial charge in [-0.15, -0.1) is 0 Å². The first-order valence-corrected chi connectivity index (χ1v) is 4.87. The van der Waals surface area contributed by atoms with Crippen molar-refractivity contribution in [2.24, 2.45) is 0 Å². The number of hydrogen-bond acceptors (Lipinski definition) is 2. The van der Waals surface area contributed by atoms with Crippen LogP contribution in [0.2, 0.25) is 0 Å². The Bertz CT molecular complexity index is 531. The second-order valence-corrected chi connectivity index (χ2v) is 3.66. The van der Waals surface area contributed by atoms with Gasteiger partial charge in [0, 0.05) is 11.7 Å². The smallest absolute Gasteiger partial charge is 0.254 e. The fraction of sp³-hybridized carbons (Fsp3) is 0.182. The number of ether oxygens (including phenoxy) is 1. The van der Waals surface area contributed by atoms with Gasteiger partial charge in [0.1, 0.15) is 5.75 Å². The van der Waals surface area contributed by atoms with Gasteiger partial charge in [0.05, 0.1) is 18.1 Å². The number of rotatable bonds is 2. The van der Waals surface area contributed by atoms with Crippen LogP contribution in [0.5, 0.6) is 5.75 Å². The number of carbonyl (C=O) groups excluding carboxylic acids is 1. The van der Waals surface area contributed by atoms with Crippen molar-refractivity contribution in [3.05, 3.63) is 29.5 Å². The van der Waals surface area contributed by atoms with E-state index < -0.39 is 5.24 Å². The number of hydrogen-bond donors (Lipinski definition) is 1. The number of aromatic nitrogens is 1. The topological polar surface area (TPSA) is 42.1 Å². The van der Waals surface area contributed by atoms with Crippen LogP contribution in [0.3, 0.4) is 0 Å². The van der Waals surface area contributed by atoms with Crippen molar-refractivity contribution in [2.45, 2.75) is 6.92 Å². The molecule has 1 aromatic heterocycles. The first kappa shape index (κ1) is 10.1. The summed E-state index contributed by atoms with van der Waals surface area (Å²) in [6, 6.07) is 3.83. The lowest BCUT2D eigenvalue weighted by Crippen LogP contribution is -1.92. The summed E-state index contributed by atoms with van der Waals surface area (Å²) in [4.78, 5) is 14.2. The molecule has 3 nitrogen and oxygen atoms in total. The maximum Gasteiger partial charge on any atom is 0.254 e. The largest absolute Gasteiger partial charge is 0.496 e. The minimum absolute atomic E-state index is 0.451. The molecule has 1 N–H and O–H groups in total. The summed E-state index contributed by atoms with van der Waals surface area (Å²) in [6.45, 7) is 1.92. The molecule has 1 heterocycles. The predicted molar refractivity (Wildman–Crippen MR) is 59.8 cm³/mol. The van der Waals surface area contributed by atoms with Crippen LogP contribution in [0, 0.1) is 6.92 Å². The van der Waals surface area contributed by atoms with E-state index in [2.05, 4.69) is 4.98 Å². The lowest BCUT2D eigenvalue weighted by Gasteiger charge is -2.06. The van der Waals surface area contributed by atoms with E-state index in [4.69, 9.17) is 16.3 Å². The van der Waals surface area contributed by atoms with E-state index in [-0.39, 0.29) is 0 Å². The molecule has 78 valence electrons. The molecular weight excluding hydrogens is 214 g/mol. The Morgan fingerprint density at radius 3 is 2.80 bits per heavy atom. The fourth-order valence-corrected chi connectivity index (χ4v) is 1.86. The molecule has 2 rings (SSSR count). The van der Waals surface area contributed by atoms with E-state index in [0.29, 0.717) is 11.3 Å². The van der Waals surface area contributed by atoms with Crippen molar-refractivity contribution in [3.63, 3.8) is 0 Å². The quantitative estimate of drug-likeness (QED) is 0.796. The summed E-state index contributed by atoms with van der Waals surface area (Å²) in [5, 5.41) is 0.266. The summed E-state index contributed by atoms with van der Waals surface area (Å²) in [6.07, 6.45) is 1.60. The average Bonchev–Trinajstić information content (AvgIpc) is 2.61. The average molecular weight is 224 g/mol. The zero-order chi connectivity index (χ0) is 11.0. The predicted octanol–water partition coefficient (Wildman–Crippen LogP) is 2.86. The second kappa shape index (κ2) is 3.59. The van der Waals surface area contributed by atoms with Gasteiger partial charge in [-0.3, -0.25) is 4.79 Å². The van der Waals surface area contributed by atoms with Crippen molar-refractivity contribution in [1.29, 1.82) is 0 Å². The molecule has 4 heteroatoms. The molecule has 0 fully saturated rings. The van der Waals surface area contributed by atoms with Crippen molar-refractivity contribution in [3.8, 4) is 5.75 Å². The number of fused-ring (bicyclic) bond motifs is 1. The number of benzene rings is 1. The van der Waals surface area contributed by atoms with Gasteiger partial charge in [0.15, 0.2) is 0 Å². The molecule has 0 spiro atoms. The molecule has 0 aliphatic carbocycles. The number of nitrogens with one attached hydrogen (secondary N) is 1. The van der Waals surface area contributed by atoms with E-state index in [0.717, 1.165) is 16.5 Å². The summed E-state index contributed by atoms with van der Waals surface area (Å²) in [5.41, 5.74) is 2.28. The number of aryl methyl sites for hydroxylation is 1. The van der Waals surface area contributed by atoms with E-state index in [1.54, 1.807) is 13.3 Å². The van der Waals surface area contributed by atoms with Crippen molar-refractivity contribution >= 4 is 27.7 Å². The Morgan fingerprint density at radius 2 is 2.20 bits per heavy atom. The molecule has 1 aromatic carbocycles. The van der Waals surface area contributed by atoms with Gasteiger partial charge in [-0.2, -0.15) is 0 Å². The molecule has 0 radical (unpaired) electrons. The molecule has 15 heavy (non-hydrogen) atoms. The first-order valence-electron chi connectivity index (χ1n) is 4.49. The molecule has 0 amide bonds. The van der Waals surface area contributed by atoms with Gasteiger partial charge < -0.3 is 9.72 Å². The number of halogens is 1. The van der Waals surface area contributed by atoms with Crippen LogP contribution in [0.25, 0.3) is 10.9 Å². The molecule has 0 saturated heterocycles. The van der Waals surface area contributed by atoms with E-state index in [9.17, 15) is 4.79 Å². The van der Waals surface area contributed by atoms with Crippen LogP contribution in [0.1, 0.15) is 15.9 Å². The minimum Gasteiger partial charge on any atom is -0.496 e. The number of aromatic amines is 1. The summed E-state index contributed by atoms with van der Waals surface area (Å²) < 4.78 is 5.28.